The van der Waals surface area contributed by atoms with Gasteiger partial charge in [-0.3, -0.25) is 52.7 Å². The van der Waals surface area contributed by atoms with E-state index in [1.807, 2.05) is 24.3 Å². The molecule has 10 amide bonds. The number of alkyl halides is 2. The van der Waals surface area contributed by atoms with Crippen LogP contribution in [0.5, 0.6) is 0 Å². The number of rotatable bonds is 15. The number of benzene rings is 1. The second kappa shape index (κ2) is 37.8. The van der Waals surface area contributed by atoms with Gasteiger partial charge in [0.2, 0.25) is 59.1 Å². The first-order valence-corrected chi connectivity index (χ1v) is 36.5. The van der Waals surface area contributed by atoms with Gasteiger partial charge in [-0.25, -0.2) is 8.78 Å². The third-order valence-electron chi connectivity index (χ3n) is 21.8. The van der Waals surface area contributed by atoms with Crippen LogP contribution in [0, 0.1) is 29.6 Å². The molecule has 3 saturated carbocycles. The van der Waals surface area contributed by atoms with E-state index >= 15 is 28.0 Å². The number of ether oxygens (including phenoxy) is 1. The molecular weight excluding hydrogens is 1300 g/mol. The number of fused-ring (bicyclic) bond motifs is 5. The summed E-state index contributed by atoms with van der Waals surface area (Å²) in [6, 6.07) is -4.29. The molecule has 556 valence electrons. The van der Waals surface area contributed by atoms with Crippen LogP contribution < -0.4 is 75.3 Å². The van der Waals surface area contributed by atoms with Crippen molar-refractivity contribution in [2.24, 2.45) is 41.1 Å². The molecule has 18 N–H and O–H groups in total. The van der Waals surface area contributed by atoms with E-state index in [9.17, 15) is 43.8 Å². The van der Waals surface area contributed by atoms with Crippen molar-refractivity contribution in [3.8, 4) is 0 Å². The second-order valence-electron chi connectivity index (χ2n) is 29.1. The molecule has 0 aromatic heterocycles. The molecule has 5 heterocycles. The van der Waals surface area contributed by atoms with Crippen LogP contribution in [-0.2, 0) is 70.5 Å². The molecule has 0 radical (unpaired) electrons. The van der Waals surface area contributed by atoms with Crippen LogP contribution in [0.2, 0.25) is 0 Å². The summed E-state index contributed by atoms with van der Waals surface area (Å²) >= 11 is 0. The third-order valence-corrected chi connectivity index (χ3v) is 21.8. The summed E-state index contributed by atoms with van der Waals surface area (Å²) in [5.41, 5.74) is 13.3. The molecule has 100 heavy (non-hydrogen) atoms. The number of carboxylic acids is 1. The molecule has 4 saturated heterocycles. The highest BCUT2D eigenvalue weighted by atomic mass is 19.1. The van der Waals surface area contributed by atoms with Crippen molar-refractivity contribution in [1.82, 2.24) is 68.7 Å². The molecule has 2 bridgehead atoms. The van der Waals surface area contributed by atoms with Crippen LogP contribution in [0.25, 0.3) is 0 Å². The Labute approximate surface area is 582 Å². The Hall–Kier alpha value is -7.03. The number of aliphatic carboxylic acids is 1. The van der Waals surface area contributed by atoms with Crippen LogP contribution in [0.4, 0.5) is 8.78 Å². The van der Waals surface area contributed by atoms with Crippen LogP contribution in [-0.4, -0.2) is 218 Å². The van der Waals surface area contributed by atoms with Gasteiger partial charge in [-0.15, -0.1) is 0 Å². The highest BCUT2D eigenvalue weighted by molar-refractivity contribution is 5.99. The van der Waals surface area contributed by atoms with Crippen LogP contribution >= 0.6 is 0 Å². The maximum atomic E-state index is 15.3. The number of carboxylic acid groups (broad SMARTS) is 1. The van der Waals surface area contributed by atoms with Gasteiger partial charge in [0.25, 0.3) is 0 Å². The zero-order valence-electron chi connectivity index (χ0n) is 57.3. The number of nitrogens with two attached hydrogens (primary N) is 2. The maximum absolute atomic E-state index is 15.3. The van der Waals surface area contributed by atoms with Gasteiger partial charge in [0.15, 0.2) is 0 Å². The van der Waals surface area contributed by atoms with E-state index in [4.69, 9.17) is 16.2 Å². The average molecular weight is 1410 g/mol. The maximum Gasteiger partial charge on any atom is 0.305 e. The van der Waals surface area contributed by atoms with Crippen LogP contribution in [0.1, 0.15) is 159 Å². The molecule has 17 atom stereocenters. The van der Waals surface area contributed by atoms with Crippen LogP contribution in [0.3, 0.4) is 0 Å². The first kappa shape index (κ1) is 77.1. The van der Waals surface area contributed by atoms with Gasteiger partial charge in [-0.2, -0.15) is 0 Å². The molecule has 7 fully saturated rings. The number of amides is 10. The number of hydrogen-bond donors (Lipinski definition) is 16. The van der Waals surface area contributed by atoms with E-state index in [-0.39, 0.29) is 113 Å². The lowest BCUT2D eigenvalue weighted by atomic mass is 9.76. The standard InChI is InChI=1S/C69H107F2N15O14/c70-43-15-19-49-47(27-43)41(31-75-49)25-52-64(94)81-53(26-42-32-76-50-20-16-44(71)28-48(42)50)65(95)83-55(30-61(90)91)67(97)82-54(29-45-33-74-37-78-45)66(96)84-56(24-39-13-17-46(87)18-14-39)69(99)86-22-6-11-58(86)68(98)85-57(62(73)92)36-100-35-40-9-5-8-38(23-40)7-1-2-12-59(88)79-51(10-3-4-21-72)63(93)77-34-60(89)80-52/h5,8-9,23,39,41-58,74-76,78,87H,1-4,6-7,10-22,24-37,72H2,(H2,73,92)(H,77,93)(H,79,88)(H,80,89)(H,81,94)(H,82,97)(H,83,95)(H,84,96)(H,85,98)(H,90,91)/t39?,41?,42?,43?,44?,45?,46?,47?,48?,49?,50?,51-,52-,53-,54-,55-,56-,57-,58-/m0/s1. The molecule has 8 aliphatic rings. The predicted octanol–water partition coefficient (Wildman–Crippen LogP) is -1.40. The minimum Gasteiger partial charge on any atom is -0.481 e. The van der Waals surface area contributed by atoms with E-state index in [1.165, 1.54) is 4.90 Å². The average Bonchev–Trinajstić information content (AvgIpc) is 1.64. The fourth-order valence-electron chi connectivity index (χ4n) is 16.3. The van der Waals surface area contributed by atoms with E-state index < -0.39 is 157 Å². The summed E-state index contributed by atoms with van der Waals surface area (Å²) < 4.78 is 36.4. The number of carbonyl (C=O) groups excluding carboxylic acids is 10. The zero-order chi connectivity index (χ0) is 71.4. The number of aryl methyl sites for hydroxylation is 1. The summed E-state index contributed by atoms with van der Waals surface area (Å²) in [5.74, 6) is -10.9. The monoisotopic (exact) mass is 1410 g/mol. The first-order valence-electron chi connectivity index (χ1n) is 36.5. The van der Waals surface area contributed by atoms with Crippen molar-refractivity contribution >= 4 is 65.0 Å². The third kappa shape index (κ3) is 22.5. The number of primary amides is 1. The number of nitrogens with zero attached hydrogens (tertiary/aromatic N) is 1. The molecule has 1 aromatic carbocycles. The molecule has 9 rings (SSSR count). The fraction of sp³-hybridized carbons (Fsp3) is 0.754. The summed E-state index contributed by atoms with van der Waals surface area (Å²) in [4.78, 5) is 158. The Morgan fingerprint density at radius 2 is 1.20 bits per heavy atom. The minimum atomic E-state index is -1.91. The summed E-state index contributed by atoms with van der Waals surface area (Å²) in [7, 11) is 0. The van der Waals surface area contributed by atoms with Crippen molar-refractivity contribution in [3.63, 3.8) is 0 Å². The number of unbranched alkanes of at least 4 members (excludes halogenated alkanes) is 1. The molecule has 5 aliphatic heterocycles. The summed E-state index contributed by atoms with van der Waals surface area (Å²) in [6.07, 6.45) is 3.37. The number of hydrogen-bond acceptors (Lipinski definition) is 18. The van der Waals surface area contributed by atoms with Crippen LogP contribution in [0.15, 0.2) is 24.3 Å². The smallest absolute Gasteiger partial charge is 0.305 e. The molecule has 3 aliphatic carbocycles. The quantitative estimate of drug-likeness (QED) is 0.0898. The van der Waals surface area contributed by atoms with Crippen molar-refractivity contribution in [1.29, 1.82) is 0 Å². The summed E-state index contributed by atoms with van der Waals surface area (Å²) in [5, 5.41) is 55.9. The second-order valence-corrected chi connectivity index (χ2v) is 29.1. The van der Waals surface area contributed by atoms with E-state index in [2.05, 4.69) is 63.8 Å². The lowest BCUT2D eigenvalue weighted by molar-refractivity contribution is -0.143. The van der Waals surface area contributed by atoms with Gasteiger partial charge in [0.05, 0.1) is 32.3 Å². The highest BCUT2D eigenvalue weighted by Crippen LogP contribution is 2.40. The van der Waals surface area contributed by atoms with Crippen molar-refractivity contribution < 1.29 is 76.5 Å². The Morgan fingerprint density at radius 1 is 0.600 bits per heavy atom. The van der Waals surface area contributed by atoms with Gasteiger partial charge in [0, 0.05) is 44.3 Å². The molecule has 0 spiro atoms. The topological polar surface area (TPSA) is 437 Å². The zero-order valence-corrected chi connectivity index (χ0v) is 57.3. The molecule has 9 unspecified atom stereocenters. The largest absolute Gasteiger partial charge is 0.481 e. The van der Waals surface area contributed by atoms with Crippen molar-refractivity contribution in [2.75, 3.05) is 52.5 Å². The van der Waals surface area contributed by atoms with Crippen molar-refractivity contribution in [3.05, 3.63) is 35.4 Å². The first-order chi connectivity index (χ1) is 48.1. The molecular formula is C69H107F2N15O14. The van der Waals surface area contributed by atoms with Crippen molar-refractivity contribution in [2.45, 2.75) is 246 Å². The Morgan fingerprint density at radius 3 is 1.83 bits per heavy atom. The normalized spacial score (nSPS) is 34.9. The predicted molar refractivity (Wildman–Crippen MR) is 361 cm³/mol. The molecule has 1 aromatic rings. The number of carbonyl (C=O) groups is 11. The van der Waals surface area contributed by atoms with E-state index in [0.717, 1.165) is 11.1 Å². The summed E-state index contributed by atoms with van der Waals surface area (Å²) in [6.45, 7) is 0.840. The van der Waals surface area contributed by atoms with Gasteiger partial charge in [0.1, 0.15) is 60.7 Å². The number of nitrogens with one attached hydrogen (secondary N) is 12. The van der Waals surface area contributed by atoms with E-state index in [0.29, 0.717) is 123 Å². The number of halogens is 2. The van der Waals surface area contributed by atoms with Gasteiger partial charge in [-0.05, 0) is 202 Å². The molecule has 31 heteroatoms. The minimum absolute atomic E-state index is 0.0304. The Balaban J connectivity index is 1.02. The highest BCUT2D eigenvalue weighted by Gasteiger charge is 2.47. The Kier molecular flexibility index (Phi) is 29.1. The lowest BCUT2D eigenvalue weighted by Crippen LogP contribution is -2.61. The number of aliphatic hydroxyl groups excluding tert-OH is 1. The SMILES string of the molecule is NCCCC[C@@H]1NC(=O)CCCCc2cccc(c2)COC[C@@H](C(N)=O)NC(=O)[C@@H]2CCCN2C(=O)[C@H](CC2CCC(O)CC2)NC(=O)[C@H](CC2CNCN2)NC(=O)[C@H](CC(=O)O)NC(=O)[C@H](CC2CNC3CCC(F)CC23)NC(=O)[C@H](CC2CNC3CCC(F)CC23)NC(=O)CNC1=O. The number of aliphatic hydroxyl groups is 1. The fourth-order valence-corrected chi connectivity index (χ4v) is 16.3. The van der Waals surface area contributed by atoms with E-state index in [1.54, 1.807) is 0 Å². The lowest BCUT2D eigenvalue weighted by Gasteiger charge is -2.34. The van der Waals surface area contributed by atoms with Gasteiger partial charge < -0.3 is 95.1 Å². The van der Waals surface area contributed by atoms with Gasteiger partial charge >= 0.3 is 5.97 Å². The van der Waals surface area contributed by atoms with Gasteiger partial charge in [-0.1, -0.05) is 24.3 Å². The Bertz CT molecular complexity index is 3000. The molecule has 29 nitrogen and oxygen atoms in total.